The van der Waals surface area contributed by atoms with E-state index in [1.165, 1.54) is 23.1 Å². The van der Waals surface area contributed by atoms with E-state index >= 15 is 0 Å². The van der Waals surface area contributed by atoms with Gasteiger partial charge in [0.15, 0.2) is 5.17 Å². The number of fused-ring (bicyclic) bond motifs is 2. The molecule has 0 atom stereocenters. The van der Waals surface area contributed by atoms with Crippen LogP contribution in [0.25, 0.3) is 16.3 Å². The molecule has 3 amide bonds. The van der Waals surface area contributed by atoms with Gasteiger partial charge in [0.2, 0.25) is 5.13 Å². The van der Waals surface area contributed by atoms with Gasteiger partial charge in [-0.1, -0.05) is 47.2 Å². The van der Waals surface area contributed by atoms with Crippen LogP contribution in [0.3, 0.4) is 0 Å². The number of carbonyl (C=O) groups is 3. The summed E-state index contributed by atoms with van der Waals surface area (Å²) in [5.41, 5.74) is 2.30. The van der Waals surface area contributed by atoms with Crippen molar-refractivity contribution in [3.05, 3.63) is 93.3 Å². The largest absolute Gasteiger partial charge is 0.497 e. The minimum Gasteiger partial charge on any atom is -0.497 e. The number of rotatable bonds is 9. The summed E-state index contributed by atoms with van der Waals surface area (Å²) in [6.45, 7) is 0.507. The van der Waals surface area contributed by atoms with Crippen LogP contribution in [0.2, 0.25) is 5.02 Å². The Hall–Kier alpha value is -4.03. The van der Waals surface area contributed by atoms with Gasteiger partial charge in [-0.15, -0.1) is 5.06 Å². The van der Waals surface area contributed by atoms with Gasteiger partial charge in [-0.05, 0) is 78.7 Å². The lowest BCUT2D eigenvalue weighted by Crippen LogP contribution is -2.32. The van der Waals surface area contributed by atoms with Gasteiger partial charge in [-0.2, -0.15) is 4.99 Å². The van der Waals surface area contributed by atoms with Crippen molar-refractivity contribution in [1.82, 2.24) is 14.9 Å². The summed E-state index contributed by atoms with van der Waals surface area (Å²) in [5.74, 6) is -0.381. The fourth-order valence-electron chi connectivity index (χ4n) is 4.47. The van der Waals surface area contributed by atoms with Gasteiger partial charge in [0, 0.05) is 11.6 Å². The number of amides is 3. The Morgan fingerprint density at radius 1 is 0.952 bits per heavy atom. The van der Waals surface area contributed by atoms with Crippen molar-refractivity contribution < 1.29 is 24.0 Å². The van der Waals surface area contributed by atoms with Crippen LogP contribution in [0.1, 0.15) is 39.1 Å². The summed E-state index contributed by atoms with van der Waals surface area (Å²) < 4.78 is 6.14. The highest BCUT2D eigenvalue weighted by Crippen LogP contribution is 2.37. The number of hydroxylamine groups is 2. The van der Waals surface area contributed by atoms with Gasteiger partial charge in [-0.25, -0.2) is 4.98 Å². The highest BCUT2D eigenvalue weighted by Gasteiger charge is 2.37. The van der Waals surface area contributed by atoms with Crippen LogP contribution in [0.5, 0.6) is 5.75 Å². The van der Waals surface area contributed by atoms with Gasteiger partial charge < -0.3 is 4.74 Å². The lowest BCUT2D eigenvalue weighted by molar-refractivity contribution is -0.122. The van der Waals surface area contributed by atoms with E-state index in [1.54, 1.807) is 42.3 Å². The summed E-state index contributed by atoms with van der Waals surface area (Å²) in [6, 6.07) is 19.5. The Morgan fingerprint density at radius 3 is 2.40 bits per heavy atom. The molecule has 0 bridgehead atoms. The molecule has 0 spiro atoms. The molecule has 42 heavy (non-hydrogen) atoms. The smallest absolute Gasteiger partial charge is 0.285 e. The number of benzene rings is 3. The summed E-state index contributed by atoms with van der Waals surface area (Å²) in [4.78, 5) is 55.6. The molecule has 0 N–H and O–H groups in total. The standard InChI is InChI=1S/C30H23ClN4O5S2/c1-39-20-11-8-18(9-12-20)16-25-28(38)34(30(42-25)33-29-32-23-13-10-19(31)17-24(23)41-29)14-4-5-15-40-35-26(36)21-6-2-3-7-22(21)27(35)37/h2-3,6-13,16-17H,4-5,14-15H2,1H3/b25-16-,33-30-. The van der Waals surface area contributed by atoms with Gasteiger partial charge in [0.25, 0.3) is 17.7 Å². The van der Waals surface area contributed by atoms with Crippen molar-refractivity contribution in [1.29, 1.82) is 0 Å². The predicted octanol–water partition coefficient (Wildman–Crippen LogP) is 6.57. The molecule has 212 valence electrons. The van der Waals surface area contributed by atoms with E-state index in [2.05, 4.69) is 4.98 Å². The van der Waals surface area contributed by atoms with Crippen molar-refractivity contribution in [2.45, 2.75) is 12.8 Å². The minimum atomic E-state index is -0.471. The number of amidine groups is 1. The Bertz CT molecular complexity index is 1730. The first-order valence-electron chi connectivity index (χ1n) is 13.0. The molecule has 1 aromatic heterocycles. The van der Waals surface area contributed by atoms with E-state index in [0.29, 0.717) is 50.7 Å². The number of thioether (sulfide) groups is 1. The van der Waals surface area contributed by atoms with Crippen molar-refractivity contribution in [2.75, 3.05) is 20.3 Å². The van der Waals surface area contributed by atoms with Gasteiger partial charge in [-0.3, -0.25) is 24.1 Å². The quantitative estimate of drug-likeness (QED) is 0.119. The zero-order chi connectivity index (χ0) is 29.2. The van der Waals surface area contributed by atoms with E-state index in [1.807, 2.05) is 42.5 Å². The topological polar surface area (TPSA) is 101 Å². The molecule has 12 heteroatoms. The van der Waals surface area contributed by atoms with Crippen molar-refractivity contribution in [3.8, 4) is 5.75 Å². The molecule has 0 unspecified atom stereocenters. The number of methoxy groups -OCH3 is 1. The molecule has 2 aliphatic rings. The zero-order valence-electron chi connectivity index (χ0n) is 22.3. The third kappa shape index (κ3) is 5.68. The molecular weight excluding hydrogens is 596 g/mol. The Labute approximate surface area is 254 Å². The van der Waals surface area contributed by atoms with Gasteiger partial charge in [0.1, 0.15) is 5.75 Å². The third-order valence-electron chi connectivity index (χ3n) is 6.59. The van der Waals surface area contributed by atoms with Crippen LogP contribution in [0, 0.1) is 0 Å². The van der Waals surface area contributed by atoms with Crippen LogP contribution in [-0.4, -0.2) is 58.1 Å². The van der Waals surface area contributed by atoms with Crippen LogP contribution < -0.4 is 4.74 Å². The minimum absolute atomic E-state index is 0.139. The molecule has 3 aromatic carbocycles. The number of hydrogen-bond acceptors (Lipinski definition) is 9. The summed E-state index contributed by atoms with van der Waals surface area (Å²) in [7, 11) is 1.60. The van der Waals surface area contributed by atoms with Crippen molar-refractivity contribution in [2.24, 2.45) is 4.99 Å². The molecule has 0 aliphatic carbocycles. The molecule has 1 fully saturated rings. The lowest BCUT2D eigenvalue weighted by atomic mass is 10.1. The molecular formula is C30H23ClN4O5S2. The average Bonchev–Trinajstić information content (AvgIpc) is 3.61. The average molecular weight is 619 g/mol. The van der Waals surface area contributed by atoms with Crippen LogP contribution in [0.15, 0.2) is 76.6 Å². The first-order chi connectivity index (χ1) is 20.4. The first kappa shape index (κ1) is 28.1. The molecule has 0 radical (unpaired) electrons. The Kier molecular flexibility index (Phi) is 8.07. The molecule has 9 nitrogen and oxygen atoms in total. The van der Waals surface area contributed by atoms with Gasteiger partial charge in [0.05, 0.1) is 40.0 Å². The monoisotopic (exact) mass is 618 g/mol. The van der Waals surface area contributed by atoms with Crippen molar-refractivity contribution in [3.63, 3.8) is 0 Å². The SMILES string of the molecule is COc1ccc(/C=C2\S/C(=N\c3nc4ccc(Cl)cc4s3)N(CCCCON3C(=O)c4ccccc4C3=O)C2=O)cc1. The predicted molar refractivity (Wildman–Crippen MR) is 164 cm³/mol. The highest BCUT2D eigenvalue weighted by molar-refractivity contribution is 8.18. The molecule has 2 aliphatic heterocycles. The number of aliphatic imine (C=N–C) groups is 1. The van der Waals surface area contributed by atoms with Crippen molar-refractivity contribution >= 4 is 79.0 Å². The second-order valence-electron chi connectivity index (χ2n) is 9.33. The lowest BCUT2D eigenvalue weighted by Gasteiger charge is -2.16. The number of halogens is 1. The number of imide groups is 1. The molecule has 0 saturated carbocycles. The number of ether oxygens (including phenoxy) is 1. The fourth-order valence-corrected chi connectivity index (χ4v) is 6.65. The maximum absolute atomic E-state index is 13.5. The Balaban J connectivity index is 1.16. The maximum Gasteiger partial charge on any atom is 0.285 e. The summed E-state index contributed by atoms with van der Waals surface area (Å²) in [5, 5.41) is 2.47. The normalized spacial score (nSPS) is 16.9. The third-order valence-corrected chi connectivity index (χ3v) is 8.74. The Morgan fingerprint density at radius 2 is 1.69 bits per heavy atom. The second-order valence-corrected chi connectivity index (χ2v) is 11.8. The first-order valence-corrected chi connectivity index (χ1v) is 15.0. The summed E-state index contributed by atoms with van der Waals surface area (Å²) in [6.07, 6.45) is 2.89. The number of aromatic nitrogens is 1. The van der Waals surface area contributed by atoms with E-state index in [4.69, 9.17) is 26.2 Å². The number of carbonyl (C=O) groups excluding carboxylic acids is 3. The molecule has 4 aromatic rings. The fraction of sp³-hybridized carbons (Fsp3) is 0.167. The van der Waals surface area contributed by atoms with Crippen LogP contribution in [0.4, 0.5) is 5.13 Å². The molecule has 3 heterocycles. The number of thiazole rings is 1. The van der Waals surface area contributed by atoms with E-state index in [-0.39, 0.29) is 12.5 Å². The number of nitrogens with zero attached hydrogens (tertiary/aromatic N) is 4. The zero-order valence-corrected chi connectivity index (χ0v) is 24.7. The maximum atomic E-state index is 13.5. The number of hydrogen-bond donors (Lipinski definition) is 0. The molecule has 6 rings (SSSR count). The highest BCUT2D eigenvalue weighted by atomic mass is 35.5. The van der Waals surface area contributed by atoms with Crippen LogP contribution in [-0.2, 0) is 9.63 Å². The molecule has 1 saturated heterocycles. The van der Waals surface area contributed by atoms with Crippen LogP contribution >= 0.6 is 34.7 Å². The van der Waals surface area contributed by atoms with Gasteiger partial charge >= 0.3 is 0 Å². The van der Waals surface area contributed by atoms with E-state index < -0.39 is 11.8 Å². The van der Waals surface area contributed by atoms with E-state index in [0.717, 1.165) is 26.6 Å². The number of unbranched alkanes of at least 4 members (excludes halogenated alkanes) is 1. The van der Waals surface area contributed by atoms with E-state index in [9.17, 15) is 14.4 Å². The second kappa shape index (κ2) is 12.1. The summed E-state index contributed by atoms with van der Waals surface area (Å²) >= 11 is 8.82.